The summed E-state index contributed by atoms with van der Waals surface area (Å²) in [5, 5.41) is 0. The van der Waals surface area contributed by atoms with Crippen LogP contribution in [0, 0.1) is 11.8 Å². The molecular weight excluding hydrogens is 446 g/mol. The van der Waals surface area contributed by atoms with E-state index in [-0.39, 0.29) is 23.3 Å². The van der Waals surface area contributed by atoms with Gasteiger partial charge >= 0.3 is 5.97 Å². The van der Waals surface area contributed by atoms with E-state index in [4.69, 9.17) is 4.74 Å². The highest BCUT2D eigenvalue weighted by atomic mass is 32.2. The maximum Gasteiger partial charge on any atom is 0.337 e. The molecule has 1 aliphatic rings. The third-order valence-electron chi connectivity index (χ3n) is 5.31. The molecule has 1 saturated heterocycles. The molecule has 0 aliphatic carbocycles. The van der Waals surface area contributed by atoms with Crippen molar-refractivity contribution in [2.75, 3.05) is 31.7 Å². The predicted molar refractivity (Wildman–Crippen MR) is 129 cm³/mol. The Morgan fingerprint density at radius 1 is 1.25 bits per heavy atom. The summed E-state index contributed by atoms with van der Waals surface area (Å²) >= 11 is 2.63. The molecule has 2 unspecified atom stereocenters. The molecule has 0 bridgehead atoms. The molecule has 0 spiro atoms. The Morgan fingerprint density at radius 2 is 1.97 bits per heavy atom. The van der Waals surface area contributed by atoms with Gasteiger partial charge in [-0.15, -0.1) is 18.3 Å². The second-order valence-electron chi connectivity index (χ2n) is 8.20. The van der Waals surface area contributed by atoms with Crippen LogP contribution in [0.4, 0.5) is 0 Å². The number of benzene rings is 1. The molecule has 0 radical (unpaired) electrons. The Morgan fingerprint density at radius 3 is 2.62 bits per heavy atom. The summed E-state index contributed by atoms with van der Waals surface area (Å²) in [7, 11) is 1.34. The fourth-order valence-corrected chi connectivity index (χ4v) is 5.83. The van der Waals surface area contributed by atoms with Crippen LogP contribution in [0.1, 0.15) is 30.6 Å². The fourth-order valence-electron chi connectivity index (χ4n) is 4.03. The number of rotatable bonds is 7. The average Bonchev–Trinajstić information content (AvgIpc) is 3.08. The lowest BCUT2D eigenvalue weighted by Crippen LogP contribution is -2.43. The van der Waals surface area contributed by atoms with Gasteiger partial charge in [0, 0.05) is 19.6 Å². The number of ether oxygens (including phenoxy) is 1. The van der Waals surface area contributed by atoms with Crippen LogP contribution in [0.25, 0.3) is 10.2 Å². The second kappa shape index (κ2) is 11.0. The quantitative estimate of drug-likeness (QED) is 0.453. The molecule has 7 nitrogen and oxygen atoms in total. The number of carbonyl (C=O) groups excluding carboxylic acids is 3. The van der Waals surface area contributed by atoms with E-state index in [0.29, 0.717) is 28.7 Å². The van der Waals surface area contributed by atoms with Crippen molar-refractivity contribution in [3.63, 3.8) is 0 Å². The lowest BCUT2D eigenvalue weighted by Gasteiger charge is -2.35. The minimum Gasteiger partial charge on any atom is -0.465 e. The van der Waals surface area contributed by atoms with Gasteiger partial charge in [-0.05, 0) is 36.5 Å². The minimum absolute atomic E-state index is 0.0834. The van der Waals surface area contributed by atoms with E-state index in [1.165, 1.54) is 30.2 Å². The number of allylic oxidation sites excluding steroid dienone is 1. The van der Waals surface area contributed by atoms with Crippen LogP contribution in [-0.4, -0.2) is 59.0 Å². The number of nitrogens with zero attached hydrogens (tertiary/aromatic N) is 3. The highest BCUT2D eigenvalue weighted by molar-refractivity contribution is 8.00. The molecule has 2 heterocycles. The fraction of sp³-hybridized carbons (Fsp3) is 0.478. The first kappa shape index (κ1) is 24.3. The SMILES string of the molecule is C=CCn1c(=NC(=O)CSCC(=O)N2CC(C)CC(C)C2)sc2cc(C(=O)OC)ccc21. The van der Waals surface area contributed by atoms with Crippen molar-refractivity contribution in [2.24, 2.45) is 16.8 Å². The van der Waals surface area contributed by atoms with Crippen LogP contribution >= 0.6 is 23.1 Å². The number of aromatic nitrogens is 1. The Kier molecular flexibility index (Phi) is 8.31. The van der Waals surface area contributed by atoms with E-state index in [0.717, 1.165) is 29.7 Å². The molecule has 1 aromatic carbocycles. The molecule has 3 rings (SSSR count). The molecule has 172 valence electrons. The van der Waals surface area contributed by atoms with Crippen LogP contribution < -0.4 is 4.80 Å². The lowest BCUT2D eigenvalue weighted by atomic mass is 9.92. The summed E-state index contributed by atoms with van der Waals surface area (Å²) in [6.07, 6.45) is 2.88. The summed E-state index contributed by atoms with van der Waals surface area (Å²) in [4.78, 5) is 43.6. The zero-order chi connectivity index (χ0) is 23.3. The second-order valence-corrected chi connectivity index (χ2v) is 10.2. The summed E-state index contributed by atoms with van der Waals surface area (Å²) in [6.45, 7) is 10.2. The Balaban J connectivity index is 1.69. The van der Waals surface area contributed by atoms with Gasteiger partial charge in [-0.25, -0.2) is 4.79 Å². The van der Waals surface area contributed by atoms with Gasteiger partial charge in [0.05, 0.1) is 34.4 Å². The van der Waals surface area contributed by atoms with Gasteiger partial charge in [-0.3, -0.25) is 9.59 Å². The van der Waals surface area contributed by atoms with Crippen LogP contribution in [-0.2, 0) is 20.9 Å². The molecule has 0 N–H and O–H groups in total. The zero-order valence-corrected chi connectivity index (χ0v) is 20.3. The average molecular weight is 476 g/mol. The van der Waals surface area contributed by atoms with Crippen LogP contribution in [0.3, 0.4) is 0 Å². The molecule has 1 fully saturated rings. The first-order valence-corrected chi connectivity index (χ1v) is 12.5. The van der Waals surface area contributed by atoms with E-state index in [9.17, 15) is 14.4 Å². The van der Waals surface area contributed by atoms with Crippen LogP contribution in [0.2, 0.25) is 0 Å². The van der Waals surface area contributed by atoms with Crippen molar-refractivity contribution < 1.29 is 19.1 Å². The number of hydrogen-bond donors (Lipinski definition) is 0. The van der Waals surface area contributed by atoms with E-state index in [1.54, 1.807) is 18.2 Å². The maximum absolute atomic E-state index is 12.5. The predicted octanol–water partition coefficient (Wildman–Crippen LogP) is 3.34. The van der Waals surface area contributed by atoms with Gasteiger partial charge in [0.25, 0.3) is 5.91 Å². The van der Waals surface area contributed by atoms with Gasteiger partial charge in [0.15, 0.2) is 4.80 Å². The molecule has 9 heteroatoms. The van der Waals surface area contributed by atoms with Gasteiger partial charge < -0.3 is 14.2 Å². The summed E-state index contributed by atoms with van der Waals surface area (Å²) < 4.78 is 7.50. The van der Waals surface area contributed by atoms with Crippen molar-refractivity contribution in [1.82, 2.24) is 9.47 Å². The molecule has 2 atom stereocenters. The minimum atomic E-state index is -0.413. The Hall–Kier alpha value is -2.39. The lowest BCUT2D eigenvalue weighted by molar-refractivity contribution is -0.130. The number of thioether (sulfide) groups is 1. The van der Waals surface area contributed by atoms with Gasteiger partial charge in [0.1, 0.15) is 0 Å². The molecule has 2 aromatic rings. The van der Waals surface area contributed by atoms with E-state index in [2.05, 4.69) is 25.4 Å². The summed E-state index contributed by atoms with van der Waals surface area (Å²) in [5.41, 5.74) is 1.31. The highest BCUT2D eigenvalue weighted by Crippen LogP contribution is 2.22. The normalized spacial score (nSPS) is 19.2. The number of amides is 2. The standard InChI is InChI=1S/C23H29N3O4S2/c1-5-8-26-18-7-6-17(22(29)30-4)10-19(18)32-23(26)24-20(27)13-31-14-21(28)25-11-15(2)9-16(3)12-25/h5-7,10,15-16H,1,8-9,11-14H2,2-4H3. The van der Waals surface area contributed by atoms with Gasteiger partial charge in [-0.1, -0.05) is 31.3 Å². The molecular formula is C23H29N3O4S2. The largest absolute Gasteiger partial charge is 0.465 e. The molecule has 2 amide bonds. The third kappa shape index (κ3) is 5.89. The number of carbonyl (C=O) groups is 3. The van der Waals surface area contributed by atoms with Crippen LogP contribution in [0.5, 0.6) is 0 Å². The third-order valence-corrected chi connectivity index (χ3v) is 7.25. The number of esters is 1. The molecule has 1 aromatic heterocycles. The first-order valence-electron chi connectivity index (χ1n) is 10.6. The molecule has 1 aliphatic heterocycles. The topological polar surface area (TPSA) is 81.0 Å². The molecule has 0 saturated carbocycles. The van der Waals surface area contributed by atoms with Gasteiger partial charge in [0.2, 0.25) is 5.91 Å². The van der Waals surface area contributed by atoms with E-state index in [1.807, 2.05) is 15.5 Å². The van der Waals surface area contributed by atoms with E-state index >= 15 is 0 Å². The number of likely N-dealkylation sites (tertiary alicyclic amines) is 1. The Labute approximate surface area is 196 Å². The number of hydrogen-bond acceptors (Lipinski definition) is 6. The van der Waals surface area contributed by atoms with Crippen molar-refractivity contribution in [1.29, 1.82) is 0 Å². The number of piperidine rings is 1. The van der Waals surface area contributed by atoms with Crippen molar-refractivity contribution >= 4 is 51.1 Å². The number of thiazole rings is 1. The Bertz CT molecular complexity index is 1080. The van der Waals surface area contributed by atoms with Crippen molar-refractivity contribution in [2.45, 2.75) is 26.8 Å². The number of methoxy groups -OCH3 is 1. The maximum atomic E-state index is 12.5. The summed E-state index contributed by atoms with van der Waals surface area (Å²) in [6, 6.07) is 5.25. The number of fused-ring (bicyclic) bond motifs is 1. The first-order chi connectivity index (χ1) is 15.3. The molecule has 32 heavy (non-hydrogen) atoms. The van der Waals surface area contributed by atoms with E-state index < -0.39 is 5.97 Å². The highest BCUT2D eigenvalue weighted by Gasteiger charge is 2.25. The van der Waals surface area contributed by atoms with Crippen molar-refractivity contribution in [3.8, 4) is 0 Å². The van der Waals surface area contributed by atoms with Crippen LogP contribution in [0.15, 0.2) is 35.8 Å². The smallest absolute Gasteiger partial charge is 0.337 e. The zero-order valence-electron chi connectivity index (χ0n) is 18.7. The summed E-state index contributed by atoms with van der Waals surface area (Å²) in [5.74, 6) is 0.821. The monoisotopic (exact) mass is 475 g/mol. The van der Waals surface area contributed by atoms with Gasteiger partial charge in [-0.2, -0.15) is 4.99 Å². The van der Waals surface area contributed by atoms with Crippen molar-refractivity contribution in [3.05, 3.63) is 41.2 Å².